The van der Waals surface area contributed by atoms with E-state index in [1.807, 2.05) is 84.9 Å². The quantitative estimate of drug-likeness (QED) is 0.181. The average Bonchev–Trinajstić information content (AvgIpc) is 3.00. The molecule has 220 valence electrons. The number of aliphatic carboxylic acids is 1. The van der Waals surface area contributed by atoms with Crippen LogP contribution in [0, 0.1) is 0 Å². The first kappa shape index (κ1) is 31.9. The van der Waals surface area contributed by atoms with Crippen molar-refractivity contribution in [3.05, 3.63) is 108 Å². The van der Waals surface area contributed by atoms with Crippen LogP contribution in [-0.4, -0.2) is 47.1 Å². The number of ether oxygens (including phenoxy) is 3. The molecule has 0 spiro atoms. The third kappa shape index (κ3) is 10.1. The molecule has 0 aliphatic heterocycles. The van der Waals surface area contributed by atoms with Gasteiger partial charge in [0.25, 0.3) is 0 Å². The molecule has 0 aliphatic carbocycles. The van der Waals surface area contributed by atoms with Crippen molar-refractivity contribution in [3.63, 3.8) is 0 Å². The summed E-state index contributed by atoms with van der Waals surface area (Å²) >= 11 is 0. The molecule has 0 aliphatic rings. The van der Waals surface area contributed by atoms with Crippen LogP contribution >= 0.6 is 0 Å². The summed E-state index contributed by atoms with van der Waals surface area (Å²) in [5, 5.41) is 27.8. The molecule has 3 N–H and O–H groups in total. The van der Waals surface area contributed by atoms with Crippen LogP contribution < -0.4 is 9.47 Å². The van der Waals surface area contributed by atoms with Gasteiger partial charge in [-0.1, -0.05) is 60.7 Å². The van der Waals surface area contributed by atoms with Crippen molar-refractivity contribution >= 4 is 11.9 Å². The number of aliphatic hydroxyl groups excluding tert-OH is 2. The normalized spacial score (nSPS) is 11.8. The number of carboxylic acids is 1. The first-order valence-electron chi connectivity index (χ1n) is 13.6. The average molecular weight is 573 g/mol. The summed E-state index contributed by atoms with van der Waals surface area (Å²) in [5.41, 5.74) is 5.75. The zero-order chi connectivity index (χ0) is 30.5. The van der Waals surface area contributed by atoms with Crippen molar-refractivity contribution in [3.8, 4) is 33.8 Å². The van der Waals surface area contributed by atoms with Crippen LogP contribution in [0.1, 0.15) is 44.1 Å². The predicted molar refractivity (Wildman–Crippen MR) is 160 cm³/mol. The van der Waals surface area contributed by atoms with Crippen molar-refractivity contribution < 1.29 is 39.1 Å². The highest BCUT2D eigenvalue weighted by atomic mass is 16.6. The van der Waals surface area contributed by atoms with E-state index in [4.69, 9.17) is 19.3 Å². The van der Waals surface area contributed by atoms with Crippen LogP contribution in [0.3, 0.4) is 0 Å². The van der Waals surface area contributed by atoms with E-state index in [2.05, 4.69) is 0 Å². The number of carboxylic acid groups (broad SMARTS) is 1. The molecule has 0 fully saturated rings. The number of benzene rings is 4. The van der Waals surface area contributed by atoms with Crippen LogP contribution in [0.15, 0.2) is 97.1 Å². The Morgan fingerprint density at radius 1 is 0.643 bits per heavy atom. The topological polar surface area (TPSA) is 123 Å². The Morgan fingerprint density at radius 3 is 1.45 bits per heavy atom. The Morgan fingerprint density at radius 2 is 1.07 bits per heavy atom. The van der Waals surface area contributed by atoms with E-state index in [0.717, 1.165) is 33.4 Å². The van der Waals surface area contributed by atoms with Gasteiger partial charge in [-0.05, 0) is 90.6 Å². The van der Waals surface area contributed by atoms with Crippen molar-refractivity contribution in [1.29, 1.82) is 0 Å². The maximum atomic E-state index is 11.2. The molecule has 4 aromatic rings. The monoisotopic (exact) mass is 572 g/mol. The summed E-state index contributed by atoms with van der Waals surface area (Å²) in [6.45, 7) is 5.13. The van der Waals surface area contributed by atoms with E-state index in [0.29, 0.717) is 18.1 Å². The molecule has 8 heteroatoms. The molecule has 4 aromatic carbocycles. The molecule has 0 saturated carbocycles. The van der Waals surface area contributed by atoms with Gasteiger partial charge in [-0.2, -0.15) is 0 Å². The third-order valence-electron chi connectivity index (χ3n) is 6.14. The molecule has 4 rings (SSSR count). The van der Waals surface area contributed by atoms with Crippen molar-refractivity contribution in [2.75, 3.05) is 19.8 Å². The van der Waals surface area contributed by atoms with Crippen LogP contribution in [0.5, 0.6) is 11.5 Å². The zero-order valence-corrected chi connectivity index (χ0v) is 23.9. The largest absolute Gasteiger partial charge is 0.482 e. The van der Waals surface area contributed by atoms with Crippen LogP contribution in [0.2, 0.25) is 0 Å². The summed E-state index contributed by atoms with van der Waals surface area (Å²) in [4.78, 5) is 21.6. The third-order valence-corrected chi connectivity index (χ3v) is 6.14. The van der Waals surface area contributed by atoms with Gasteiger partial charge in [0, 0.05) is 0 Å². The summed E-state index contributed by atoms with van der Waals surface area (Å²) in [7, 11) is 0. The SMILES string of the molecule is CC(O)c1cccc(-c2ccc(OCC(=O)O)cc2)c1.CCOC(=O)COc1ccc(-c2cccc(C(C)O)c2)cc1. The van der Waals surface area contributed by atoms with Gasteiger partial charge in [0.1, 0.15) is 11.5 Å². The number of hydrogen-bond donors (Lipinski definition) is 3. The molecular formula is C34H36O8. The van der Waals surface area contributed by atoms with Gasteiger partial charge >= 0.3 is 11.9 Å². The van der Waals surface area contributed by atoms with E-state index in [1.54, 1.807) is 32.9 Å². The van der Waals surface area contributed by atoms with Gasteiger partial charge in [0.05, 0.1) is 18.8 Å². The van der Waals surface area contributed by atoms with Gasteiger partial charge in [0.15, 0.2) is 13.2 Å². The second-order valence-corrected chi connectivity index (χ2v) is 9.43. The first-order valence-corrected chi connectivity index (χ1v) is 13.6. The second kappa shape index (κ2) is 16.0. The van der Waals surface area contributed by atoms with Gasteiger partial charge in [0.2, 0.25) is 0 Å². The number of esters is 1. The number of rotatable bonds is 11. The van der Waals surface area contributed by atoms with Crippen LogP contribution in [0.25, 0.3) is 22.3 Å². The van der Waals surface area contributed by atoms with Gasteiger partial charge < -0.3 is 29.5 Å². The standard InChI is InChI=1S/C18H20O4.C16H16O4/c1-3-21-18(20)12-22-17-9-7-14(8-10-17)16-6-4-5-15(11-16)13(2)19;1-11(17)13-3-2-4-14(9-13)12-5-7-15(8-6-12)20-10-16(18)19/h4-11,13,19H,3,12H2,1-2H3;2-9,11,17H,10H2,1H3,(H,18,19). The fourth-order valence-corrected chi connectivity index (χ4v) is 3.93. The Labute approximate surface area is 245 Å². The highest BCUT2D eigenvalue weighted by Crippen LogP contribution is 2.26. The van der Waals surface area contributed by atoms with E-state index in [9.17, 15) is 19.8 Å². The highest BCUT2D eigenvalue weighted by molar-refractivity contribution is 5.71. The molecule has 0 bridgehead atoms. The van der Waals surface area contributed by atoms with Gasteiger partial charge in [-0.3, -0.25) is 0 Å². The molecule has 2 atom stereocenters. The minimum absolute atomic E-state index is 0.0926. The van der Waals surface area contributed by atoms with Crippen molar-refractivity contribution in [2.24, 2.45) is 0 Å². The smallest absolute Gasteiger partial charge is 0.344 e. The van der Waals surface area contributed by atoms with Crippen molar-refractivity contribution in [2.45, 2.75) is 33.0 Å². The molecule has 42 heavy (non-hydrogen) atoms. The Balaban J connectivity index is 0.000000231. The minimum atomic E-state index is -1.00. The maximum Gasteiger partial charge on any atom is 0.344 e. The molecular weight excluding hydrogens is 536 g/mol. The minimum Gasteiger partial charge on any atom is -0.482 e. The summed E-state index contributed by atoms with van der Waals surface area (Å²) in [6.07, 6.45) is -1.000. The molecule has 0 saturated heterocycles. The first-order chi connectivity index (χ1) is 20.2. The fourth-order valence-electron chi connectivity index (χ4n) is 3.93. The van der Waals surface area contributed by atoms with E-state index in [-0.39, 0.29) is 19.2 Å². The Hall–Kier alpha value is -4.66. The Bertz CT molecular complexity index is 1430. The number of carbonyl (C=O) groups is 2. The predicted octanol–water partition coefficient (Wildman–Crippen LogP) is 6.22. The molecule has 0 heterocycles. The van der Waals surface area contributed by atoms with E-state index < -0.39 is 18.2 Å². The summed E-state index contributed by atoms with van der Waals surface area (Å²) in [6, 6.07) is 30.0. The fraction of sp³-hybridized carbons (Fsp3) is 0.235. The second-order valence-electron chi connectivity index (χ2n) is 9.43. The lowest BCUT2D eigenvalue weighted by Gasteiger charge is -2.09. The lowest BCUT2D eigenvalue weighted by molar-refractivity contribution is -0.145. The van der Waals surface area contributed by atoms with Crippen LogP contribution in [-0.2, 0) is 14.3 Å². The molecule has 2 unspecified atom stereocenters. The lowest BCUT2D eigenvalue weighted by Crippen LogP contribution is -2.14. The number of hydrogen-bond acceptors (Lipinski definition) is 7. The maximum absolute atomic E-state index is 11.2. The molecule has 8 nitrogen and oxygen atoms in total. The zero-order valence-electron chi connectivity index (χ0n) is 23.9. The summed E-state index contributed by atoms with van der Waals surface area (Å²) in [5.74, 6) is -0.249. The number of aliphatic hydroxyl groups is 2. The Kier molecular flexibility index (Phi) is 12.1. The van der Waals surface area contributed by atoms with E-state index >= 15 is 0 Å². The van der Waals surface area contributed by atoms with Crippen molar-refractivity contribution in [1.82, 2.24) is 0 Å². The number of carbonyl (C=O) groups excluding carboxylic acids is 1. The van der Waals surface area contributed by atoms with Gasteiger partial charge in [-0.25, -0.2) is 9.59 Å². The highest BCUT2D eigenvalue weighted by Gasteiger charge is 2.07. The molecule has 0 aromatic heterocycles. The van der Waals surface area contributed by atoms with E-state index in [1.165, 1.54) is 0 Å². The lowest BCUT2D eigenvalue weighted by atomic mass is 10.0. The van der Waals surface area contributed by atoms with Gasteiger partial charge in [-0.15, -0.1) is 0 Å². The molecule has 0 amide bonds. The molecule has 0 radical (unpaired) electrons. The summed E-state index contributed by atoms with van der Waals surface area (Å²) < 4.78 is 15.2. The van der Waals surface area contributed by atoms with Crippen LogP contribution in [0.4, 0.5) is 0 Å².